The molecule has 20 heavy (non-hydrogen) atoms. The Bertz CT molecular complexity index is 792. The van der Waals surface area contributed by atoms with Crippen LogP contribution in [0, 0.1) is 0 Å². The van der Waals surface area contributed by atoms with E-state index in [9.17, 15) is 0 Å². The van der Waals surface area contributed by atoms with Crippen molar-refractivity contribution < 1.29 is 4.74 Å². The van der Waals surface area contributed by atoms with Gasteiger partial charge in [-0.2, -0.15) is 0 Å². The largest absolute Gasteiger partial charge is 0.435 e. The van der Waals surface area contributed by atoms with E-state index in [0.29, 0.717) is 27.4 Å². The van der Waals surface area contributed by atoms with Crippen LogP contribution in [0.2, 0.25) is 10.0 Å². The van der Waals surface area contributed by atoms with Crippen LogP contribution in [0.15, 0.2) is 42.6 Å². The molecular formula is C14H9Cl2N3O. The zero-order valence-electron chi connectivity index (χ0n) is 10.2. The van der Waals surface area contributed by atoms with Crippen molar-refractivity contribution in [1.82, 2.24) is 9.97 Å². The molecule has 0 atom stereocenters. The Morgan fingerprint density at radius 1 is 1.00 bits per heavy atom. The van der Waals surface area contributed by atoms with Crippen LogP contribution in [0.4, 0.5) is 5.69 Å². The van der Waals surface area contributed by atoms with E-state index < -0.39 is 0 Å². The molecule has 1 aromatic heterocycles. The lowest BCUT2D eigenvalue weighted by atomic mass is 10.3. The lowest BCUT2D eigenvalue weighted by Crippen LogP contribution is -1.95. The summed E-state index contributed by atoms with van der Waals surface area (Å²) in [5.74, 6) is 0.734. The van der Waals surface area contributed by atoms with Crippen molar-refractivity contribution in [2.45, 2.75) is 0 Å². The summed E-state index contributed by atoms with van der Waals surface area (Å²) in [5.41, 5.74) is 7.75. The second kappa shape index (κ2) is 5.15. The number of para-hydroxylation sites is 2. The van der Waals surface area contributed by atoms with Crippen LogP contribution in [-0.2, 0) is 0 Å². The van der Waals surface area contributed by atoms with Gasteiger partial charge < -0.3 is 10.5 Å². The average Bonchev–Trinajstić information content (AvgIpc) is 2.44. The first-order valence-electron chi connectivity index (χ1n) is 5.77. The molecule has 0 spiro atoms. The number of nitrogens with zero attached hydrogens (tertiary/aromatic N) is 2. The fourth-order valence-corrected chi connectivity index (χ4v) is 2.06. The monoisotopic (exact) mass is 305 g/mol. The minimum absolute atomic E-state index is 0.341. The van der Waals surface area contributed by atoms with Gasteiger partial charge in [-0.1, -0.05) is 35.3 Å². The topological polar surface area (TPSA) is 61.0 Å². The van der Waals surface area contributed by atoms with Gasteiger partial charge in [-0.15, -0.1) is 0 Å². The Morgan fingerprint density at radius 2 is 1.70 bits per heavy atom. The Balaban J connectivity index is 1.99. The summed E-state index contributed by atoms with van der Waals surface area (Å²) in [7, 11) is 0. The van der Waals surface area contributed by atoms with Crippen LogP contribution in [0.25, 0.3) is 11.0 Å². The predicted octanol–water partition coefficient (Wildman–Crippen LogP) is 4.31. The summed E-state index contributed by atoms with van der Waals surface area (Å²) >= 11 is 11.8. The first kappa shape index (κ1) is 13.0. The molecule has 3 aromatic rings. The summed E-state index contributed by atoms with van der Waals surface area (Å²) in [5, 5.41) is 0.741. The fourth-order valence-electron chi connectivity index (χ4n) is 1.73. The van der Waals surface area contributed by atoms with E-state index in [0.717, 1.165) is 11.0 Å². The summed E-state index contributed by atoms with van der Waals surface area (Å²) in [6, 6.07) is 10.6. The highest BCUT2D eigenvalue weighted by molar-refractivity contribution is 6.42. The maximum Gasteiger partial charge on any atom is 0.238 e. The van der Waals surface area contributed by atoms with Crippen LogP contribution < -0.4 is 10.5 Å². The molecule has 0 amide bonds. The molecule has 0 radical (unpaired) electrons. The second-order valence-corrected chi connectivity index (χ2v) is 4.92. The number of nitrogen functional groups attached to an aromatic ring is 1. The van der Waals surface area contributed by atoms with Gasteiger partial charge in [0.15, 0.2) is 5.75 Å². The number of benzene rings is 2. The number of anilines is 1. The number of ether oxygens (including phenoxy) is 1. The number of aromatic nitrogens is 2. The zero-order chi connectivity index (χ0) is 14.1. The number of fused-ring (bicyclic) bond motifs is 1. The van der Waals surface area contributed by atoms with Crippen LogP contribution in [0.1, 0.15) is 0 Å². The van der Waals surface area contributed by atoms with E-state index in [2.05, 4.69) is 9.97 Å². The lowest BCUT2D eigenvalue weighted by Gasteiger charge is -2.09. The molecule has 4 nitrogen and oxygen atoms in total. The summed E-state index contributed by atoms with van der Waals surface area (Å²) in [4.78, 5) is 8.61. The van der Waals surface area contributed by atoms with Crippen molar-refractivity contribution >= 4 is 39.9 Å². The molecule has 0 saturated heterocycles. The van der Waals surface area contributed by atoms with Gasteiger partial charge in [0.1, 0.15) is 0 Å². The SMILES string of the molecule is Nc1cc(Cl)c(Cl)cc1Oc1cnc2ccccc2n1. The molecule has 3 rings (SSSR count). The molecule has 0 unspecified atom stereocenters. The zero-order valence-corrected chi connectivity index (χ0v) is 11.7. The Morgan fingerprint density at radius 3 is 2.50 bits per heavy atom. The van der Waals surface area contributed by atoms with Crippen LogP contribution in [0.3, 0.4) is 0 Å². The molecule has 2 aromatic carbocycles. The highest BCUT2D eigenvalue weighted by Crippen LogP contribution is 2.34. The quantitative estimate of drug-likeness (QED) is 0.717. The van der Waals surface area contributed by atoms with E-state index in [1.807, 2.05) is 24.3 Å². The van der Waals surface area contributed by atoms with E-state index in [-0.39, 0.29) is 0 Å². The first-order valence-corrected chi connectivity index (χ1v) is 6.53. The maximum absolute atomic E-state index is 5.94. The van der Waals surface area contributed by atoms with Crippen LogP contribution in [0.5, 0.6) is 11.6 Å². The van der Waals surface area contributed by atoms with Gasteiger partial charge in [0, 0.05) is 6.07 Å². The highest BCUT2D eigenvalue weighted by atomic mass is 35.5. The van der Waals surface area contributed by atoms with Crippen molar-refractivity contribution in [2.75, 3.05) is 5.73 Å². The summed E-state index contributed by atoms with van der Waals surface area (Å²) < 4.78 is 5.61. The predicted molar refractivity (Wildman–Crippen MR) is 80.5 cm³/mol. The molecular weight excluding hydrogens is 297 g/mol. The van der Waals surface area contributed by atoms with Gasteiger partial charge in [0.05, 0.1) is 33.0 Å². The van der Waals surface area contributed by atoms with Gasteiger partial charge >= 0.3 is 0 Å². The van der Waals surface area contributed by atoms with Gasteiger partial charge in [0.25, 0.3) is 0 Å². The van der Waals surface area contributed by atoms with E-state index in [1.165, 1.54) is 12.3 Å². The van der Waals surface area contributed by atoms with E-state index in [1.54, 1.807) is 6.07 Å². The Hall–Kier alpha value is -2.04. The molecule has 1 heterocycles. The van der Waals surface area contributed by atoms with Crippen molar-refractivity contribution in [2.24, 2.45) is 0 Å². The molecule has 6 heteroatoms. The number of rotatable bonds is 2. The molecule has 2 N–H and O–H groups in total. The second-order valence-electron chi connectivity index (χ2n) is 4.10. The van der Waals surface area contributed by atoms with E-state index >= 15 is 0 Å². The minimum Gasteiger partial charge on any atom is -0.435 e. The van der Waals surface area contributed by atoms with Gasteiger partial charge in [-0.3, -0.25) is 0 Å². The Labute approximate surface area is 125 Å². The molecule has 0 aliphatic heterocycles. The van der Waals surface area contributed by atoms with Crippen molar-refractivity contribution in [1.29, 1.82) is 0 Å². The van der Waals surface area contributed by atoms with Crippen molar-refractivity contribution in [3.8, 4) is 11.6 Å². The normalized spacial score (nSPS) is 10.7. The number of nitrogens with two attached hydrogens (primary N) is 1. The summed E-state index contributed by atoms with van der Waals surface area (Å²) in [6.45, 7) is 0. The average molecular weight is 306 g/mol. The smallest absolute Gasteiger partial charge is 0.238 e. The van der Waals surface area contributed by atoms with E-state index in [4.69, 9.17) is 33.7 Å². The van der Waals surface area contributed by atoms with Crippen LogP contribution >= 0.6 is 23.2 Å². The van der Waals surface area contributed by atoms with Crippen LogP contribution in [-0.4, -0.2) is 9.97 Å². The third-order valence-corrected chi connectivity index (χ3v) is 3.42. The first-order chi connectivity index (χ1) is 9.63. The number of hydrogen-bond donors (Lipinski definition) is 1. The number of hydrogen-bond acceptors (Lipinski definition) is 4. The van der Waals surface area contributed by atoms with Gasteiger partial charge in [0.2, 0.25) is 5.88 Å². The lowest BCUT2D eigenvalue weighted by molar-refractivity contribution is 0.465. The van der Waals surface area contributed by atoms with Gasteiger partial charge in [-0.25, -0.2) is 9.97 Å². The molecule has 0 aliphatic rings. The summed E-state index contributed by atoms with van der Waals surface area (Å²) in [6.07, 6.45) is 1.53. The third kappa shape index (κ3) is 2.48. The molecule has 0 saturated carbocycles. The fraction of sp³-hybridized carbons (Fsp3) is 0. The molecule has 0 bridgehead atoms. The molecule has 0 fully saturated rings. The highest BCUT2D eigenvalue weighted by Gasteiger charge is 2.09. The Kier molecular flexibility index (Phi) is 3.34. The minimum atomic E-state index is 0.341. The van der Waals surface area contributed by atoms with Gasteiger partial charge in [-0.05, 0) is 18.2 Å². The molecule has 0 aliphatic carbocycles. The van der Waals surface area contributed by atoms with Crippen molar-refractivity contribution in [3.63, 3.8) is 0 Å². The number of halogens is 2. The molecule has 100 valence electrons. The maximum atomic E-state index is 5.94. The third-order valence-electron chi connectivity index (χ3n) is 2.69. The van der Waals surface area contributed by atoms with Crippen molar-refractivity contribution in [3.05, 3.63) is 52.6 Å². The standard InChI is InChI=1S/C14H9Cl2N3O/c15-8-5-10(17)13(6-9(8)16)20-14-7-18-11-3-1-2-4-12(11)19-14/h1-7H,17H2.